The standard InChI is InChI=1S/C13H18FN3O2/c1-17(8-4-6-16-7-5-8)10-3-2-9(14)12(15)11(10)13(18)19/h2-3,8,16H,4-7,15H2,1H3,(H,18,19). The number of carbonyl (C=O) groups is 1. The van der Waals surface area contributed by atoms with Crippen LogP contribution in [-0.4, -0.2) is 37.3 Å². The molecule has 5 nitrogen and oxygen atoms in total. The largest absolute Gasteiger partial charge is 0.478 e. The van der Waals surface area contributed by atoms with E-state index in [1.807, 2.05) is 11.9 Å². The van der Waals surface area contributed by atoms with Crippen LogP contribution in [0.25, 0.3) is 0 Å². The second kappa shape index (κ2) is 5.44. The van der Waals surface area contributed by atoms with Gasteiger partial charge in [-0.1, -0.05) is 0 Å². The maximum absolute atomic E-state index is 13.4. The first kappa shape index (κ1) is 13.6. The zero-order valence-corrected chi connectivity index (χ0v) is 10.8. The number of hydrogen-bond acceptors (Lipinski definition) is 4. The molecule has 104 valence electrons. The number of nitrogens with two attached hydrogens (primary N) is 1. The Morgan fingerprint density at radius 2 is 2.11 bits per heavy atom. The lowest BCUT2D eigenvalue weighted by molar-refractivity contribution is 0.0698. The molecule has 0 aromatic heterocycles. The summed E-state index contributed by atoms with van der Waals surface area (Å²) < 4.78 is 13.4. The van der Waals surface area contributed by atoms with Crippen LogP contribution in [0.4, 0.5) is 15.8 Å². The van der Waals surface area contributed by atoms with Crippen LogP contribution >= 0.6 is 0 Å². The molecule has 1 heterocycles. The summed E-state index contributed by atoms with van der Waals surface area (Å²) in [6, 6.07) is 2.94. The predicted octanol–water partition coefficient (Wildman–Crippen LogP) is 1.29. The van der Waals surface area contributed by atoms with Gasteiger partial charge in [0.25, 0.3) is 0 Å². The Kier molecular flexibility index (Phi) is 3.90. The third-order valence-corrected chi connectivity index (χ3v) is 3.62. The molecule has 1 fully saturated rings. The number of carboxylic acid groups (broad SMARTS) is 1. The number of halogens is 1. The van der Waals surface area contributed by atoms with Crippen LogP contribution in [0.3, 0.4) is 0 Å². The summed E-state index contributed by atoms with van der Waals surface area (Å²) in [7, 11) is 1.83. The summed E-state index contributed by atoms with van der Waals surface area (Å²) in [5, 5.41) is 12.5. The summed E-state index contributed by atoms with van der Waals surface area (Å²) in [5.74, 6) is -1.90. The van der Waals surface area contributed by atoms with Gasteiger partial charge in [-0.05, 0) is 38.1 Å². The zero-order chi connectivity index (χ0) is 14.0. The normalized spacial score (nSPS) is 16.3. The number of aromatic carboxylic acids is 1. The summed E-state index contributed by atoms with van der Waals surface area (Å²) in [6.07, 6.45) is 1.85. The highest BCUT2D eigenvalue weighted by Gasteiger charge is 2.24. The third-order valence-electron chi connectivity index (χ3n) is 3.62. The molecule has 1 aromatic rings. The Hall–Kier alpha value is -1.82. The number of benzene rings is 1. The summed E-state index contributed by atoms with van der Waals surface area (Å²) in [5.41, 5.74) is 5.58. The molecule has 1 aromatic carbocycles. The van der Waals surface area contributed by atoms with Gasteiger partial charge in [0.15, 0.2) is 0 Å². The Labute approximate surface area is 111 Å². The highest BCUT2D eigenvalue weighted by Crippen LogP contribution is 2.30. The number of nitrogen functional groups attached to an aromatic ring is 1. The average Bonchev–Trinajstić information content (AvgIpc) is 2.41. The van der Waals surface area contributed by atoms with Gasteiger partial charge in [0, 0.05) is 13.1 Å². The van der Waals surface area contributed by atoms with Gasteiger partial charge in [-0.25, -0.2) is 9.18 Å². The van der Waals surface area contributed by atoms with E-state index in [0.29, 0.717) is 5.69 Å². The van der Waals surface area contributed by atoms with E-state index in [2.05, 4.69) is 5.32 Å². The monoisotopic (exact) mass is 267 g/mol. The maximum Gasteiger partial charge on any atom is 0.340 e. The van der Waals surface area contributed by atoms with Gasteiger partial charge < -0.3 is 21.1 Å². The fourth-order valence-electron chi connectivity index (χ4n) is 2.49. The van der Waals surface area contributed by atoms with Crippen molar-refractivity contribution in [2.75, 3.05) is 30.8 Å². The van der Waals surface area contributed by atoms with Crippen LogP contribution in [0.15, 0.2) is 12.1 Å². The maximum atomic E-state index is 13.4. The molecular formula is C13H18FN3O2. The molecule has 0 atom stereocenters. The van der Waals surface area contributed by atoms with E-state index < -0.39 is 11.8 Å². The van der Waals surface area contributed by atoms with Crippen molar-refractivity contribution in [2.24, 2.45) is 0 Å². The predicted molar refractivity (Wildman–Crippen MR) is 72.1 cm³/mol. The van der Waals surface area contributed by atoms with Crippen molar-refractivity contribution >= 4 is 17.3 Å². The molecule has 0 spiro atoms. The Morgan fingerprint density at radius 1 is 1.47 bits per heavy atom. The van der Waals surface area contributed by atoms with Crippen molar-refractivity contribution in [2.45, 2.75) is 18.9 Å². The van der Waals surface area contributed by atoms with E-state index >= 15 is 0 Å². The van der Waals surface area contributed by atoms with Crippen LogP contribution in [-0.2, 0) is 0 Å². The van der Waals surface area contributed by atoms with Gasteiger partial charge in [0.2, 0.25) is 0 Å². The molecule has 0 amide bonds. The van der Waals surface area contributed by atoms with Crippen molar-refractivity contribution in [3.05, 3.63) is 23.5 Å². The smallest absolute Gasteiger partial charge is 0.340 e. The van der Waals surface area contributed by atoms with Crippen molar-refractivity contribution in [3.63, 3.8) is 0 Å². The lowest BCUT2D eigenvalue weighted by Gasteiger charge is -2.34. The first-order valence-electron chi connectivity index (χ1n) is 6.27. The molecule has 0 bridgehead atoms. The highest BCUT2D eigenvalue weighted by atomic mass is 19.1. The number of nitrogens with zero attached hydrogens (tertiary/aromatic N) is 1. The van der Waals surface area contributed by atoms with Crippen LogP contribution in [0.2, 0.25) is 0 Å². The minimum Gasteiger partial charge on any atom is -0.478 e. The third kappa shape index (κ3) is 2.63. The Bertz CT molecular complexity index is 487. The van der Waals surface area contributed by atoms with Gasteiger partial charge >= 0.3 is 5.97 Å². The first-order valence-corrected chi connectivity index (χ1v) is 6.27. The van der Waals surface area contributed by atoms with E-state index in [1.54, 1.807) is 0 Å². The lowest BCUT2D eigenvalue weighted by Crippen LogP contribution is -2.41. The minimum atomic E-state index is -1.20. The van der Waals surface area contributed by atoms with Crippen LogP contribution < -0.4 is 16.0 Å². The number of anilines is 2. The van der Waals surface area contributed by atoms with E-state index in [0.717, 1.165) is 25.9 Å². The van der Waals surface area contributed by atoms with E-state index in [1.165, 1.54) is 12.1 Å². The Morgan fingerprint density at radius 3 is 2.68 bits per heavy atom. The van der Waals surface area contributed by atoms with Crippen molar-refractivity contribution in [1.29, 1.82) is 0 Å². The zero-order valence-electron chi connectivity index (χ0n) is 10.8. The molecule has 0 saturated carbocycles. The second-order valence-corrected chi connectivity index (χ2v) is 4.75. The average molecular weight is 267 g/mol. The number of carboxylic acids is 1. The molecule has 0 aliphatic carbocycles. The number of hydrogen-bond donors (Lipinski definition) is 3. The number of rotatable bonds is 3. The van der Waals surface area contributed by atoms with Crippen molar-refractivity contribution < 1.29 is 14.3 Å². The molecule has 4 N–H and O–H groups in total. The van der Waals surface area contributed by atoms with Crippen molar-refractivity contribution in [1.82, 2.24) is 5.32 Å². The quantitative estimate of drug-likeness (QED) is 0.719. The molecule has 19 heavy (non-hydrogen) atoms. The molecule has 1 aliphatic heterocycles. The molecule has 0 unspecified atom stereocenters. The first-order chi connectivity index (χ1) is 9.02. The molecule has 6 heteroatoms. The fourth-order valence-corrected chi connectivity index (χ4v) is 2.49. The molecule has 1 saturated heterocycles. The van der Waals surface area contributed by atoms with Gasteiger partial charge in [-0.2, -0.15) is 0 Å². The van der Waals surface area contributed by atoms with Gasteiger partial charge in [0.05, 0.1) is 11.4 Å². The van der Waals surface area contributed by atoms with Crippen molar-refractivity contribution in [3.8, 4) is 0 Å². The van der Waals surface area contributed by atoms with Crippen LogP contribution in [0, 0.1) is 5.82 Å². The Balaban J connectivity index is 2.38. The molecular weight excluding hydrogens is 249 g/mol. The minimum absolute atomic E-state index is 0.152. The van der Waals surface area contributed by atoms with Gasteiger partial charge in [0.1, 0.15) is 11.4 Å². The fraction of sp³-hybridized carbons (Fsp3) is 0.462. The second-order valence-electron chi connectivity index (χ2n) is 4.75. The molecule has 0 radical (unpaired) electrons. The molecule has 1 aliphatic rings. The van der Waals surface area contributed by atoms with E-state index in [-0.39, 0.29) is 17.3 Å². The number of nitrogens with one attached hydrogen (secondary N) is 1. The summed E-state index contributed by atoms with van der Waals surface area (Å²) in [6.45, 7) is 1.79. The summed E-state index contributed by atoms with van der Waals surface area (Å²) >= 11 is 0. The lowest BCUT2D eigenvalue weighted by atomic mass is 10.0. The van der Waals surface area contributed by atoms with Gasteiger partial charge in [-0.15, -0.1) is 0 Å². The SMILES string of the molecule is CN(c1ccc(F)c(N)c1C(=O)O)C1CCNCC1. The topological polar surface area (TPSA) is 78.6 Å². The molecule has 2 rings (SSSR count). The van der Waals surface area contributed by atoms with Gasteiger partial charge in [-0.3, -0.25) is 0 Å². The van der Waals surface area contributed by atoms with Crippen LogP contribution in [0.5, 0.6) is 0 Å². The number of piperidine rings is 1. The highest BCUT2D eigenvalue weighted by molar-refractivity contribution is 6.00. The van der Waals surface area contributed by atoms with E-state index in [4.69, 9.17) is 5.73 Å². The van der Waals surface area contributed by atoms with E-state index in [9.17, 15) is 14.3 Å². The summed E-state index contributed by atoms with van der Waals surface area (Å²) in [4.78, 5) is 13.2. The van der Waals surface area contributed by atoms with Crippen LogP contribution in [0.1, 0.15) is 23.2 Å².